The van der Waals surface area contributed by atoms with Crippen LogP contribution in [-0.2, 0) is 0 Å². The van der Waals surface area contributed by atoms with Crippen LogP contribution in [0.1, 0.15) is 31.9 Å². The van der Waals surface area contributed by atoms with E-state index in [-0.39, 0.29) is 11.9 Å². The molecule has 0 saturated heterocycles. The summed E-state index contributed by atoms with van der Waals surface area (Å²) in [5.41, 5.74) is 3.27. The normalized spacial score (nSPS) is 13.2. The van der Waals surface area contributed by atoms with Crippen LogP contribution in [0.2, 0.25) is 0 Å². The first-order valence-electron chi connectivity index (χ1n) is 4.95. The SMILES string of the molecule is CC(C)CC(NN)c1cc(Br)ccc1F. The Hall–Kier alpha value is -0.450. The highest BCUT2D eigenvalue weighted by molar-refractivity contribution is 9.10. The van der Waals surface area contributed by atoms with Crippen molar-refractivity contribution >= 4 is 15.9 Å². The second-order valence-electron chi connectivity index (χ2n) is 4.01. The second kappa shape index (κ2) is 5.58. The second-order valence-corrected chi connectivity index (χ2v) is 4.93. The Morgan fingerprint density at radius 2 is 2.13 bits per heavy atom. The Balaban J connectivity index is 2.95. The van der Waals surface area contributed by atoms with Gasteiger partial charge in [0.25, 0.3) is 0 Å². The van der Waals surface area contributed by atoms with Gasteiger partial charge in [-0.05, 0) is 30.5 Å². The van der Waals surface area contributed by atoms with Crippen LogP contribution in [-0.4, -0.2) is 0 Å². The third-order valence-electron chi connectivity index (χ3n) is 2.24. The summed E-state index contributed by atoms with van der Waals surface area (Å²) in [6, 6.07) is 4.76. The molecule has 1 aromatic rings. The Kier molecular flexibility index (Phi) is 4.70. The molecule has 0 saturated carbocycles. The molecule has 0 radical (unpaired) electrons. The van der Waals surface area contributed by atoms with E-state index in [2.05, 4.69) is 35.2 Å². The maximum Gasteiger partial charge on any atom is 0.128 e. The molecule has 0 bridgehead atoms. The van der Waals surface area contributed by atoms with Crippen molar-refractivity contribution in [3.8, 4) is 0 Å². The van der Waals surface area contributed by atoms with Gasteiger partial charge < -0.3 is 0 Å². The highest BCUT2D eigenvalue weighted by Crippen LogP contribution is 2.25. The highest BCUT2D eigenvalue weighted by atomic mass is 79.9. The minimum absolute atomic E-state index is 0.137. The van der Waals surface area contributed by atoms with Crippen molar-refractivity contribution < 1.29 is 4.39 Å². The molecule has 0 aliphatic heterocycles. The van der Waals surface area contributed by atoms with Crippen LogP contribution in [0.3, 0.4) is 0 Å². The average molecular weight is 275 g/mol. The molecule has 15 heavy (non-hydrogen) atoms. The number of hydrogen-bond donors (Lipinski definition) is 2. The minimum atomic E-state index is -0.221. The van der Waals surface area contributed by atoms with Gasteiger partial charge in [-0.3, -0.25) is 11.3 Å². The van der Waals surface area contributed by atoms with Crippen LogP contribution in [0, 0.1) is 11.7 Å². The van der Waals surface area contributed by atoms with E-state index >= 15 is 0 Å². The maximum atomic E-state index is 13.5. The first kappa shape index (κ1) is 12.6. The molecule has 0 aromatic heterocycles. The van der Waals surface area contributed by atoms with Crippen LogP contribution >= 0.6 is 15.9 Å². The summed E-state index contributed by atoms with van der Waals surface area (Å²) in [4.78, 5) is 0. The molecule has 84 valence electrons. The first-order valence-corrected chi connectivity index (χ1v) is 5.75. The largest absolute Gasteiger partial charge is 0.271 e. The van der Waals surface area contributed by atoms with Gasteiger partial charge in [-0.2, -0.15) is 0 Å². The third-order valence-corrected chi connectivity index (χ3v) is 2.74. The number of rotatable bonds is 4. The molecule has 0 aliphatic carbocycles. The van der Waals surface area contributed by atoms with Crippen molar-refractivity contribution in [2.75, 3.05) is 0 Å². The van der Waals surface area contributed by atoms with Gasteiger partial charge in [0, 0.05) is 16.1 Å². The van der Waals surface area contributed by atoms with E-state index in [0.717, 1.165) is 10.9 Å². The molecule has 0 heterocycles. The summed E-state index contributed by atoms with van der Waals surface area (Å²) >= 11 is 3.32. The first-order chi connectivity index (χ1) is 7.04. The van der Waals surface area contributed by atoms with Gasteiger partial charge in [0.1, 0.15) is 5.82 Å². The van der Waals surface area contributed by atoms with E-state index in [9.17, 15) is 4.39 Å². The van der Waals surface area contributed by atoms with E-state index in [0.29, 0.717) is 11.5 Å². The van der Waals surface area contributed by atoms with Crippen molar-refractivity contribution in [2.45, 2.75) is 26.3 Å². The lowest BCUT2D eigenvalue weighted by Crippen LogP contribution is -2.29. The summed E-state index contributed by atoms with van der Waals surface area (Å²) in [6.45, 7) is 4.17. The maximum absolute atomic E-state index is 13.5. The molecule has 0 fully saturated rings. The van der Waals surface area contributed by atoms with Gasteiger partial charge in [-0.15, -0.1) is 0 Å². The molecule has 0 aliphatic rings. The summed E-state index contributed by atoms with van der Waals surface area (Å²) in [7, 11) is 0. The smallest absolute Gasteiger partial charge is 0.128 e. The topological polar surface area (TPSA) is 38.0 Å². The summed E-state index contributed by atoms with van der Waals surface area (Å²) in [5.74, 6) is 5.68. The molecule has 3 N–H and O–H groups in total. The number of nitrogens with two attached hydrogens (primary N) is 1. The van der Waals surface area contributed by atoms with Crippen molar-refractivity contribution in [3.05, 3.63) is 34.1 Å². The minimum Gasteiger partial charge on any atom is -0.271 e. The molecular formula is C11H16BrFN2. The number of benzene rings is 1. The monoisotopic (exact) mass is 274 g/mol. The zero-order valence-corrected chi connectivity index (χ0v) is 10.5. The van der Waals surface area contributed by atoms with Gasteiger partial charge in [0.05, 0.1) is 0 Å². The third kappa shape index (κ3) is 3.55. The predicted molar refractivity (Wildman–Crippen MR) is 63.6 cm³/mol. The van der Waals surface area contributed by atoms with Crippen LogP contribution in [0.15, 0.2) is 22.7 Å². The van der Waals surface area contributed by atoms with E-state index in [1.807, 2.05) is 0 Å². The molecule has 1 atom stereocenters. The van der Waals surface area contributed by atoms with Crippen LogP contribution in [0.4, 0.5) is 4.39 Å². The molecule has 4 heteroatoms. The molecule has 1 aromatic carbocycles. The molecule has 0 spiro atoms. The van der Waals surface area contributed by atoms with Crippen molar-refractivity contribution in [2.24, 2.45) is 11.8 Å². The molecule has 1 unspecified atom stereocenters. The van der Waals surface area contributed by atoms with Gasteiger partial charge in [-0.1, -0.05) is 29.8 Å². The van der Waals surface area contributed by atoms with Crippen molar-refractivity contribution in [3.63, 3.8) is 0 Å². The lowest BCUT2D eigenvalue weighted by molar-refractivity contribution is 0.423. The van der Waals surface area contributed by atoms with Gasteiger partial charge in [0.2, 0.25) is 0 Å². The fraction of sp³-hybridized carbons (Fsp3) is 0.455. The molecule has 0 amide bonds. The van der Waals surface area contributed by atoms with Crippen LogP contribution in [0.25, 0.3) is 0 Å². The summed E-state index contributed by atoms with van der Waals surface area (Å²) < 4.78 is 14.4. The number of halogens is 2. The summed E-state index contributed by atoms with van der Waals surface area (Å²) in [5, 5.41) is 0. The Morgan fingerprint density at radius 1 is 1.47 bits per heavy atom. The van der Waals surface area contributed by atoms with Crippen LogP contribution in [0.5, 0.6) is 0 Å². The predicted octanol–water partition coefficient (Wildman–Crippen LogP) is 3.14. The Labute approximate surface area is 98.1 Å². The van der Waals surface area contributed by atoms with Gasteiger partial charge in [0.15, 0.2) is 0 Å². The Morgan fingerprint density at radius 3 is 2.67 bits per heavy atom. The average Bonchev–Trinajstić information content (AvgIpc) is 2.18. The van der Waals surface area contributed by atoms with E-state index in [4.69, 9.17) is 5.84 Å². The lowest BCUT2D eigenvalue weighted by atomic mass is 9.97. The van der Waals surface area contributed by atoms with Gasteiger partial charge >= 0.3 is 0 Å². The van der Waals surface area contributed by atoms with Crippen molar-refractivity contribution in [1.29, 1.82) is 0 Å². The summed E-state index contributed by atoms with van der Waals surface area (Å²) in [6.07, 6.45) is 0.809. The van der Waals surface area contributed by atoms with Crippen LogP contribution < -0.4 is 11.3 Å². The molecule has 2 nitrogen and oxygen atoms in total. The molecule has 1 rings (SSSR count). The van der Waals surface area contributed by atoms with E-state index in [1.165, 1.54) is 6.07 Å². The van der Waals surface area contributed by atoms with E-state index in [1.54, 1.807) is 12.1 Å². The highest BCUT2D eigenvalue weighted by Gasteiger charge is 2.15. The van der Waals surface area contributed by atoms with Gasteiger partial charge in [-0.25, -0.2) is 4.39 Å². The quantitative estimate of drug-likeness (QED) is 0.654. The standard InChI is InChI=1S/C11H16BrFN2/c1-7(2)5-11(15-14)9-6-8(12)3-4-10(9)13/h3-4,6-7,11,15H,5,14H2,1-2H3. The zero-order valence-electron chi connectivity index (χ0n) is 8.93. The number of hydrazine groups is 1. The van der Waals surface area contributed by atoms with Crippen molar-refractivity contribution in [1.82, 2.24) is 5.43 Å². The zero-order chi connectivity index (χ0) is 11.4. The lowest BCUT2D eigenvalue weighted by Gasteiger charge is -2.19. The number of hydrogen-bond acceptors (Lipinski definition) is 2. The fourth-order valence-corrected chi connectivity index (χ4v) is 1.92. The Bertz CT molecular complexity index is 328. The fourth-order valence-electron chi connectivity index (χ4n) is 1.54. The van der Waals surface area contributed by atoms with E-state index < -0.39 is 0 Å². The number of nitrogens with one attached hydrogen (secondary N) is 1. The molecular weight excluding hydrogens is 259 g/mol.